The maximum Gasteiger partial charge on any atom is 0.310 e. The van der Waals surface area contributed by atoms with Crippen molar-refractivity contribution in [2.24, 2.45) is 0 Å². The summed E-state index contributed by atoms with van der Waals surface area (Å²) >= 11 is 0. The fourth-order valence-corrected chi connectivity index (χ4v) is 3.27. The summed E-state index contributed by atoms with van der Waals surface area (Å²) in [6.45, 7) is 5.84. The van der Waals surface area contributed by atoms with E-state index in [0.717, 1.165) is 33.4 Å². The van der Waals surface area contributed by atoms with Crippen LogP contribution in [0.15, 0.2) is 51.9 Å². The first kappa shape index (κ1) is 18.0. The molecule has 0 saturated heterocycles. The van der Waals surface area contributed by atoms with Gasteiger partial charge < -0.3 is 9.15 Å². The van der Waals surface area contributed by atoms with Gasteiger partial charge in [0.2, 0.25) is 0 Å². The molecule has 0 atom stereocenters. The van der Waals surface area contributed by atoms with Gasteiger partial charge in [0, 0.05) is 22.7 Å². The van der Waals surface area contributed by atoms with Crippen LogP contribution in [0, 0.1) is 20.8 Å². The van der Waals surface area contributed by atoms with E-state index < -0.39 is 5.97 Å². The molecule has 3 heterocycles. The first-order valence-electron chi connectivity index (χ1n) is 9.03. The number of carbonyl (C=O) groups is 1. The summed E-state index contributed by atoms with van der Waals surface area (Å²) < 4.78 is 12.4. The molecule has 0 bridgehead atoms. The maximum atomic E-state index is 12.3. The Kier molecular flexibility index (Phi) is 4.47. The van der Waals surface area contributed by atoms with Crippen molar-refractivity contribution in [1.82, 2.24) is 9.38 Å². The molecule has 4 rings (SSSR count). The second kappa shape index (κ2) is 6.96. The van der Waals surface area contributed by atoms with Gasteiger partial charge in [-0.3, -0.25) is 14.0 Å². The van der Waals surface area contributed by atoms with E-state index in [2.05, 4.69) is 4.98 Å². The lowest BCUT2D eigenvalue weighted by molar-refractivity contribution is -0.144. The Balaban J connectivity index is 1.50. The number of ether oxygens (including phenoxy) is 1. The lowest BCUT2D eigenvalue weighted by Crippen LogP contribution is -2.18. The van der Waals surface area contributed by atoms with Gasteiger partial charge in [0.15, 0.2) is 0 Å². The Morgan fingerprint density at radius 1 is 1.14 bits per heavy atom. The number of pyridine rings is 1. The van der Waals surface area contributed by atoms with E-state index in [0.29, 0.717) is 11.3 Å². The molecule has 0 fully saturated rings. The van der Waals surface area contributed by atoms with Gasteiger partial charge in [0.1, 0.15) is 17.8 Å². The molecule has 0 spiro atoms. The van der Waals surface area contributed by atoms with Gasteiger partial charge in [-0.15, -0.1) is 0 Å². The molecule has 1 aromatic carbocycles. The number of aryl methyl sites for hydroxylation is 3. The van der Waals surface area contributed by atoms with Crippen molar-refractivity contribution < 1.29 is 13.9 Å². The van der Waals surface area contributed by atoms with Crippen LogP contribution in [0.3, 0.4) is 0 Å². The zero-order chi connectivity index (χ0) is 19.8. The third-order valence-electron chi connectivity index (χ3n) is 4.92. The molecule has 6 heteroatoms. The maximum absolute atomic E-state index is 12.3. The lowest BCUT2D eigenvalue weighted by Gasteiger charge is -2.07. The molecule has 0 radical (unpaired) electrons. The van der Waals surface area contributed by atoms with Gasteiger partial charge in [0.25, 0.3) is 5.56 Å². The minimum Gasteiger partial charge on any atom is -0.464 e. The van der Waals surface area contributed by atoms with E-state index in [4.69, 9.17) is 9.15 Å². The number of aromatic nitrogens is 2. The van der Waals surface area contributed by atoms with Crippen molar-refractivity contribution in [2.45, 2.75) is 33.8 Å². The fraction of sp³-hybridized carbons (Fsp3) is 0.227. The summed E-state index contributed by atoms with van der Waals surface area (Å²) in [6.07, 6.45) is 1.69. The highest BCUT2D eigenvalue weighted by atomic mass is 16.5. The summed E-state index contributed by atoms with van der Waals surface area (Å²) in [4.78, 5) is 29.0. The highest BCUT2D eigenvalue weighted by Crippen LogP contribution is 2.25. The van der Waals surface area contributed by atoms with Crippen molar-refractivity contribution in [2.75, 3.05) is 0 Å². The number of furan rings is 1. The average molecular weight is 376 g/mol. The van der Waals surface area contributed by atoms with E-state index in [1.165, 1.54) is 10.5 Å². The minimum absolute atomic E-state index is 0.0492. The van der Waals surface area contributed by atoms with E-state index >= 15 is 0 Å². The molecule has 4 aromatic rings. The molecule has 28 heavy (non-hydrogen) atoms. The summed E-state index contributed by atoms with van der Waals surface area (Å²) in [7, 11) is 0. The summed E-state index contributed by atoms with van der Waals surface area (Å²) in [5.41, 5.74) is 5.38. The molecule has 0 aliphatic carbocycles. The van der Waals surface area contributed by atoms with Crippen molar-refractivity contribution in [1.29, 1.82) is 0 Å². The summed E-state index contributed by atoms with van der Waals surface area (Å²) in [6, 6.07) is 10.8. The molecule has 0 amide bonds. The van der Waals surface area contributed by atoms with E-state index in [1.807, 2.05) is 45.0 Å². The van der Waals surface area contributed by atoms with E-state index in [1.54, 1.807) is 12.3 Å². The highest BCUT2D eigenvalue weighted by Gasteiger charge is 2.13. The normalized spacial score (nSPS) is 11.2. The van der Waals surface area contributed by atoms with Gasteiger partial charge in [-0.25, -0.2) is 4.98 Å². The quantitative estimate of drug-likeness (QED) is 0.508. The summed E-state index contributed by atoms with van der Waals surface area (Å²) in [5, 5.41) is 0.914. The molecule has 0 N–H and O–H groups in total. The van der Waals surface area contributed by atoms with Crippen LogP contribution in [-0.2, 0) is 22.6 Å². The Labute approximate surface area is 161 Å². The van der Waals surface area contributed by atoms with Gasteiger partial charge in [-0.1, -0.05) is 6.07 Å². The second-order valence-corrected chi connectivity index (χ2v) is 6.98. The van der Waals surface area contributed by atoms with Crippen LogP contribution in [-0.4, -0.2) is 15.4 Å². The Hall–Kier alpha value is -3.41. The Bertz CT molecular complexity index is 1270. The van der Waals surface area contributed by atoms with Crippen LogP contribution >= 0.6 is 0 Å². The monoisotopic (exact) mass is 376 g/mol. The number of fused-ring (bicyclic) bond motifs is 2. The predicted octanol–water partition coefficient (Wildman–Crippen LogP) is 3.65. The van der Waals surface area contributed by atoms with Gasteiger partial charge in [0.05, 0.1) is 18.4 Å². The van der Waals surface area contributed by atoms with Crippen LogP contribution in [0.5, 0.6) is 0 Å². The van der Waals surface area contributed by atoms with Crippen molar-refractivity contribution in [3.05, 3.63) is 81.1 Å². The van der Waals surface area contributed by atoms with Gasteiger partial charge in [-0.05, 0) is 56.2 Å². The third kappa shape index (κ3) is 3.29. The SMILES string of the molecule is Cc1cc2occ(CC(=O)OCc3cc(=O)n4c(C)cccc4n3)c2cc1C. The van der Waals surface area contributed by atoms with Gasteiger partial charge in [-0.2, -0.15) is 0 Å². The number of hydrogen-bond donors (Lipinski definition) is 0. The molecule has 3 aromatic heterocycles. The van der Waals surface area contributed by atoms with Crippen molar-refractivity contribution in [3.63, 3.8) is 0 Å². The number of carbonyl (C=O) groups excluding carboxylic acids is 1. The molecular weight excluding hydrogens is 356 g/mol. The fourth-order valence-electron chi connectivity index (χ4n) is 3.27. The third-order valence-corrected chi connectivity index (χ3v) is 4.92. The largest absolute Gasteiger partial charge is 0.464 e. The minimum atomic E-state index is -0.396. The molecule has 0 saturated carbocycles. The smallest absolute Gasteiger partial charge is 0.310 e. The Morgan fingerprint density at radius 3 is 2.75 bits per heavy atom. The first-order valence-corrected chi connectivity index (χ1v) is 9.03. The van der Waals surface area contributed by atoms with Crippen LogP contribution in [0.4, 0.5) is 0 Å². The van der Waals surface area contributed by atoms with E-state index in [-0.39, 0.29) is 18.6 Å². The molecular formula is C22H20N2O4. The molecule has 6 nitrogen and oxygen atoms in total. The number of rotatable bonds is 4. The van der Waals surface area contributed by atoms with Crippen LogP contribution < -0.4 is 5.56 Å². The summed E-state index contributed by atoms with van der Waals surface area (Å²) in [5.74, 6) is -0.396. The zero-order valence-corrected chi connectivity index (χ0v) is 16.0. The van der Waals surface area contributed by atoms with Crippen molar-refractivity contribution >= 4 is 22.6 Å². The predicted molar refractivity (Wildman–Crippen MR) is 105 cm³/mol. The molecule has 0 aliphatic heterocycles. The number of esters is 1. The van der Waals surface area contributed by atoms with Crippen molar-refractivity contribution in [3.8, 4) is 0 Å². The molecule has 0 aliphatic rings. The average Bonchev–Trinajstić information content (AvgIpc) is 3.02. The Morgan fingerprint density at radius 2 is 1.93 bits per heavy atom. The van der Waals surface area contributed by atoms with E-state index in [9.17, 15) is 9.59 Å². The van der Waals surface area contributed by atoms with Gasteiger partial charge >= 0.3 is 5.97 Å². The molecule has 0 unspecified atom stereocenters. The van der Waals surface area contributed by atoms with Crippen LogP contribution in [0.25, 0.3) is 16.6 Å². The van der Waals surface area contributed by atoms with Crippen LogP contribution in [0.2, 0.25) is 0 Å². The lowest BCUT2D eigenvalue weighted by atomic mass is 10.0. The standard InChI is InChI=1S/C22H20N2O4/c1-13-7-18-16(11-27-19(18)8-14(13)2)9-22(26)28-12-17-10-21(25)24-15(3)5-4-6-20(24)23-17/h4-8,10-11H,9,12H2,1-3H3. The highest BCUT2D eigenvalue weighted by molar-refractivity contribution is 5.86. The van der Waals surface area contributed by atoms with Crippen LogP contribution in [0.1, 0.15) is 28.1 Å². The zero-order valence-electron chi connectivity index (χ0n) is 16.0. The second-order valence-electron chi connectivity index (χ2n) is 6.98. The first-order chi connectivity index (χ1) is 13.4. The topological polar surface area (TPSA) is 73.8 Å². The number of nitrogens with zero attached hydrogens (tertiary/aromatic N) is 2. The molecule has 142 valence electrons. The number of hydrogen-bond acceptors (Lipinski definition) is 5. The number of benzene rings is 1.